The number of aromatic nitrogens is 3. The molecule has 5 rings (SSSR count). The van der Waals surface area contributed by atoms with E-state index in [-0.39, 0.29) is 30.5 Å². The van der Waals surface area contributed by atoms with Crippen molar-refractivity contribution in [2.75, 3.05) is 32.1 Å². The fraction of sp³-hybridized carbons (Fsp3) is 0.464. The normalized spacial score (nSPS) is 18.8. The number of anilines is 2. The SMILES string of the molecule is COCC(=O)N1CC(Oc2ncc(C(C)(C)[NH3+])c3cc(Nc4ccc5c(n4)[C@@H](C)C(C)(C)OC5=O)ncc23)C1. The van der Waals surface area contributed by atoms with Gasteiger partial charge in [-0.1, -0.05) is 6.92 Å². The monoisotopic (exact) mass is 535 g/mol. The molecular weight excluding hydrogens is 500 g/mol. The van der Waals surface area contributed by atoms with Crippen molar-refractivity contribution in [1.82, 2.24) is 19.9 Å². The van der Waals surface area contributed by atoms with Crippen LogP contribution in [0.25, 0.3) is 10.8 Å². The van der Waals surface area contributed by atoms with Crippen LogP contribution in [-0.2, 0) is 19.8 Å². The molecule has 4 N–H and O–H groups in total. The Morgan fingerprint density at radius 3 is 2.64 bits per heavy atom. The molecule has 3 aromatic heterocycles. The molecule has 1 saturated heterocycles. The minimum absolute atomic E-state index is 0.0563. The molecule has 5 heterocycles. The lowest BCUT2D eigenvalue weighted by molar-refractivity contribution is -0.474. The van der Waals surface area contributed by atoms with Gasteiger partial charge in [-0.15, -0.1) is 0 Å². The largest absolute Gasteiger partial charge is 0.470 e. The highest BCUT2D eigenvalue weighted by Gasteiger charge is 2.40. The van der Waals surface area contributed by atoms with Crippen LogP contribution in [0.4, 0.5) is 11.6 Å². The molecule has 206 valence electrons. The number of cyclic esters (lactones) is 1. The number of hydrogen-bond acceptors (Lipinski definition) is 9. The van der Waals surface area contributed by atoms with E-state index in [2.05, 4.69) is 21.0 Å². The molecule has 0 saturated carbocycles. The highest BCUT2D eigenvalue weighted by atomic mass is 16.6. The van der Waals surface area contributed by atoms with E-state index >= 15 is 0 Å². The van der Waals surface area contributed by atoms with Crippen LogP contribution in [0.2, 0.25) is 0 Å². The van der Waals surface area contributed by atoms with Gasteiger partial charge in [0.15, 0.2) is 0 Å². The van der Waals surface area contributed by atoms with E-state index in [1.165, 1.54) is 7.11 Å². The number of quaternary nitrogens is 1. The Bertz CT molecular complexity index is 1440. The lowest BCUT2D eigenvalue weighted by Gasteiger charge is -2.38. The maximum Gasteiger partial charge on any atom is 0.340 e. The Hall–Kier alpha value is -3.83. The molecule has 0 spiro atoms. The van der Waals surface area contributed by atoms with Crippen molar-refractivity contribution >= 4 is 34.3 Å². The number of carbonyl (C=O) groups is 2. The second-order valence-corrected chi connectivity index (χ2v) is 11.4. The summed E-state index contributed by atoms with van der Waals surface area (Å²) in [6.45, 7) is 10.8. The van der Waals surface area contributed by atoms with Crippen molar-refractivity contribution in [2.45, 2.75) is 57.8 Å². The number of pyridine rings is 3. The summed E-state index contributed by atoms with van der Waals surface area (Å²) < 4.78 is 16.7. The molecule has 39 heavy (non-hydrogen) atoms. The van der Waals surface area contributed by atoms with E-state index < -0.39 is 11.1 Å². The van der Waals surface area contributed by atoms with E-state index in [0.717, 1.165) is 16.3 Å². The van der Waals surface area contributed by atoms with Crippen molar-refractivity contribution in [3.8, 4) is 5.88 Å². The van der Waals surface area contributed by atoms with Crippen molar-refractivity contribution in [1.29, 1.82) is 0 Å². The maximum absolute atomic E-state index is 12.5. The summed E-state index contributed by atoms with van der Waals surface area (Å²) in [5, 5.41) is 4.95. The molecule has 3 aromatic rings. The van der Waals surface area contributed by atoms with Gasteiger partial charge >= 0.3 is 5.97 Å². The summed E-state index contributed by atoms with van der Waals surface area (Å²) in [5.41, 5.74) is 5.35. The van der Waals surface area contributed by atoms with Crippen LogP contribution in [-0.4, -0.2) is 70.2 Å². The van der Waals surface area contributed by atoms with Gasteiger partial charge in [0.2, 0.25) is 11.8 Å². The standard InChI is InChI=1S/C28H34N6O5/c1-15-24-17(26(36)39-28(15,4)5)7-8-21(33-24)32-22-9-18-19(10-30-22)25(31-11-20(18)27(2,3)29)38-16-12-34(13-16)23(35)14-37-6/h7-11,15-16H,12-14,29H2,1-6H3,(H,30,32,33)/p+1/t15-/m1/s1. The van der Waals surface area contributed by atoms with Gasteiger partial charge in [0.25, 0.3) is 0 Å². The number of ether oxygens (including phenoxy) is 3. The number of rotatable bonds is 7. The molecule has 11 nitrogen and oxygen atoms in total. The molecule has 0 aliphatic carbocycles. The first-order valence-corrected chi connectivity index (χ1v) is 13.0. The Kier molecular flexibility index (Phi) is 6.68. The number of esters is 1. The number of methoxy groups -OCH3 is 1. The predicted molar refractivity (Wildman–Crippen MR) is 144 cm³/mol. The molecule has 0 aromatic carbocycles. The zero-order valence-corrected chi connectivity index (χ0v) is 23.2. The van der Waals surface area contributed by atoms with Gasteiger partial charge in [0, 0.05) is 36.4 Å². The summed E-state index contributed by atoms with van der Waals surface area (Å²) in [5.74, 6) is 1.12. The number of likely N-dealkylation sites (tertiary alicyclic amines) is 1. The molecular formula is C28H35N6O5+. The zero-order chi connectivity index (χ0) is 28.1. The first-order chi connectivity index (χ1) is 18.4. The zero-order valence-electron chi connectivity index (χ0n) is 23.2. The molecule has 0 bridgehead atoms. The van der Waals surface area contributed by atoms with Gasteiger partial charge in [-0.25, -0.2) is 19.7 Å². The number of nitrogens with one attached hydrogen (secondary N) is 1. The van der Waals surface area contributed by atoms with E-state index in [0.29, 0.717) is 41.9 Å². The molecule has 11 heteroatoms. The summed E-state index contributed by atoms with van der Waals surface area (Å²) in [4.78, 5) is 40.1. The van der Waals surface area contributed by atoms with Crippen molar-refractivity contribution in [3.63, 3.8) is 0 Å². The molecule has 2 aliphatic heterocycles. The van der Waals surface area contributed by atoms with Crippen LogP contribution >= 0.6 is 0 Å². The third-order valence-corrected chi connectivity index (χ3v) is 7.42. The minimum Gasteiger partial charge on any atom is -0.470 e. The predicted octanol–water partition coefficient (Wildman–Crippen LogP) is 2.53. The number of fused-ring (bicyclic) bond motifs is 2. The number of carbonyl (C=O) groups excluding carboxylic acids is 2. The molecule has 1 amide bonds. The fourth-order valence-electron chi connectivity index (χ4n) is 4.79. The summed E-state index contributed by atoms with van der Waals surface area (Å²) in [7, 11) is 1.50. The molecule has 0 unspecified atom stereocenters. The van der Waals surface area contributed by atoms with Crippen molar-refractivity contribution < 1.29 is 29.5 Å². The van der Waals surface area contributed by atoms with Crippen molar-refractivity contribution in [2.24, 2.45) is 0 Å². The van der Waals surface area contributed by atoms with Crippen LogP contribution in [0, 0.1) is 0 Å². The second kappa shape index (κ2) is 9.73. The van der Waals surface area contributed by atoms with Crippen molar-refractivity contribution in [3.05, 3.63) is 47.4 Å². The minimum atomic E-state index is -0.649. The van der Waals surface area contributed by atoms with Gasteiger partial charge in [-0.2, -0.15) is 0 Å². The molecule has 1 atom stereocenters. The third kappa shape index (κ3) is 5.11. The number of hydrogen-bond donors (Lipinski definition) is 2. The first kappa shape index (κ1) is 26.8. The summed E-state index contributed by atoms with van der Waals surface area (Å²) in [6, 6.07) is 5.42. The van der Waals surface area contributed by atoms with Gasteiger partial charge in [0.05, 0.1) is 29.7 Å². The molecule has 1 fully saturated rings. The number of amides is 1. The highest BCUT2D eigenvalue weighted by molar-refractivity contribution is 5.93. The quantitative estimate of drug-likeness (QED) is 0.436. The Labute approximate surface area is 227 Å². The fourth-order valence-corrected chi connectivity index (χ4v) is 4.79. The van der Waals surface area contributed by atoms with Crippen LogP contribution in [0.1, 0.15) is 62.2 Å². The Morgan fingerprint density at radius 1 is 1.21 bits per heavy atom. The van der Waals surface area contributed by atoms with Crippen LogP contribution < -0.4 is 15.8 Å². The Balaban J connectivity index is 1.43. The lowest BCUT2D eigenvalue weighted by Crippen LogP contribution is -2.66. The highest BCUT2D eigenvalue weighted by Crippen LogP contribution is 2.38. The molecule has 2 aliphatic rings. The number of nitrogens with zero attached hydrogens (tertiary/aromatic N) is 4. The van der Waals surface area contributed by atoms with Crippen LogP contribution in [0.15, 0.2) is 30.6 Å². The maximum atomic E-state index is 12.5. The van der Waals surface area contributed by atoms with Gasteiger partial charge in [-0.05, 0) is 45.9 Å². The average molecular weight is 536 g/mol. The van der Waals surface area contributed by atoms with Gasteiger partial charge in [-0.3, -0.25) is 4.79 Å². The lowest BCUT2D eigenvalue weighted by atomic mass is 9.84. The van der Waals surface area contributed by atoms with Gasteiger partial charge in [0.1, 0.15) is 35.5 Å². The van der Waals surface area contributed by atoms with E-state index in [4.69, 9.17) is 19.2 Å². The van der Waals surface area contributed by atoms with E-state index in [1.807, 2.05) is 40.7 Å². The topological polar surface area (TPSA) is 143 Å². The Morgan fingerprint density at radius 2 is 1.95 bits per heavy atom. The summed E-state index contributed by atoms with van der Waals surface area (Å²) >= 11 is 0. The summed E-state index contributed by atoms with van der Waals surface area (Å²) in [6.07, 6.45) is 3.35. The molecule has 0 radical (unpaired) electrons. The van der Waals surface area contributed by atoms with Gasteiger partial charge < -0.3 is 30.2 Å². The van der Waals surface area contributed by atoms with E-state index in [1.54, 1.807) is 29.4 Å². The second-order valence-electron chi connectivity index (χ2n) is 11.4. The third-order valence-electron chi connectivity index (χ3n) is 7.42. The van der Waals surface area contributed by atoms with Crippen LogP contribution in [0.3, 0.4) is 0 Å². The van der Waals surface area contributed by atoms with Crippen LogP contribution in [0.5, 0.6) is 5.88 Å². The van der Waals surface area contributed by atoms with E-state index in [9.17, 15) is 9.59 Å². The smallest absolute Gasteiger partial charge is 0.340 e. The average Bonchev–Trinajstić information content (AvgIpc) is 2.83. The first-order valence-electron chi connectivity index (χ1n) is 13.0.